The van der Waals surface area contributed by atoms with E-state index in [-0.39, 0.29) is 42.9 Å². The molecule has 1 atom stereocenters. The summed E-state index contributed by atoms with van der Waals surface area (Å²) in [4.78, 5) is 33.2. The van der Waals surface area contributed by atoms with Crippen LogP contribution in [0.3, 0.4) is 0 Å². The zero-order valence-corrected chi connectivity index (χ0v) is 18.3. The van der Waals surface area contributed by atoms with Crippen molar-refractivity contribution in [2.45, 2.75) is 32.5 Å². The van der Waals surface area contributed by atoms with Gasteiger partial charge in [0.05, 0.1) is 13.2 Å². The normalized spacial score (nSPS) is 19.1. The second kappa shape index (κ2) is 9.54. The minimum absolute atomic E-state index is 0.0858. The average Bonchev–Trinajstić information content (AvgIpc) is 2.72. The molecule has 12 nitrogen and oxygen atoms in total. The van der Waals surface area contributed by atoms with E-state index < -0.39 is 17.9 Å². The van der Waals surface area contributed by atoms with E-state index in [0.717, 1.165) is 0 Å². The second-order valence-electron chi connectivity index (χ2n) is 7.78. The Labute approximate surface area is 179 Å². The van der Waals surface area contributed by atoms with Crippen molar-refractivity contribution < 1.29 is 38.1 Å². The highest BCUT2D eigenvalue weighted by Crippen LogP contribution is 2.27. The molecule has 3 heterocycles. The third kappa shape index (κ3) is 4.92. The van der Waals surface area contributed by atoms with Gasteiger partial charge in [0.1, 0.15) is 11.0 Å². The summed E-state index contributed by atoms with van der Waals surface area (Å²) in [6.45, 7) is 5.87. The number of hydrogen-bond donors (Lipinski definition) is 0. The lowest BCUT2D eigenvalue weighted by Crippen LogP contribution is -2.67. The SMILES string of the molecule is COCO/N=c1\ccn2c(c1OCOC)C(=O)N1CCOCC1N2C(=O)OC(C)(C)C. The lowest BCUT2D eigenvalue weighted by molar-refractivity contribution is -0.0342. The Bertz CT molecular complexity index is 879. The number of carbonyl (C=O) groups excluding carboxylic acids is 2. The van der Waals surface area contributed by atoms with Crippen LogP contribution in [0.4, 0.5) is 4.79 Å². The monoisotopic (exact) mass is 440 g/mol. The molecule has 0 saturated carbocycles. The minimum Gasteiger partial charge on any atom is -0.463 e. The molecule has 1 aromatic rings. The number of rotatable bonds is 6. The Kier molecular flexibility index (Phi) is 7.03. The lowest BCUT2D eigenvalue weighted by Gasteiger charge is -2.46. The number of ether oxygens (including phenoxy) is 5. The van der Waals surface area contributed by atoms with Gasteiger partial charge in [-0.05, 0) is 26.8 Å². The molecule has 31 heavy (non-hydrogen) atoms. The third-order valence-electron chi connectivity index (χ3n) is 4.37. The molecule has 0 radical (unpaired) electrons. The van der Waals surface area contributed by atoms with Gasteiger partial charge in [-0.15, -0.1) is 0 Å². The number of amides is 2. The second-order valence-corrected chi connectivity index (χ2v) is 7.78. The number of methoxy groups -OCH3 is 2. The van der Waals surface area contributed by atoms with Crippen molar-refractivity contribution in [2.75, 3.05) is 52.6 Å². The zero-order chi connectivity index (χ0) is 22.6. The molecule has 1 fully saturated rings. The van der Waals surface area contributed by atoms with Crippen molar-refractivity contribution >= 4 is 12.0 Å². The van der Waals surface area contributed by atoms with Crippen molar-refractivity contribution in [3.05, 3.63) is 23.3 Å². The molecule has 3 rings (SSSR count). The first kappa shape index (κ1) is 22.8. The van der Waals surface area contributed by atoms with Crippen LogP contribution < -0.4 is 15.1 Å². The quantitative estimate of drug-likeness (QED) is 0.359. The first-order valence-electron chi connectivity index (χ1n) is 9.72. The van der Waals surface area contributed by atoms with Crippen molar-refractivity contribution in [1.29, 1.82) is 0 Å². The summed E-state index contributed by atoms with van der Waals surface area (Å²) in [5.41, 5.74) is -0.651. The van der Waals surface area contributed by atoms with Crippen LogP contribution in [0.2, 0.25) is 0 Å². The summed E-state index contributed by atoms with van der Waals surface area (Å²) >= 11 is 0. The first-order valence-corrected chi connectivity index (χ1v) is 9.72. The maximum Gasteiger partial charge on any atom is 0.431 e. The Hall–Kier alpha value is -2.83. The number of carbonyl (C=O) groups is 2. The molecule has 2 aliphatic rings. The molecule has 0 aliphatic carbocycles. The molecule has 1 saturated heterocycles. The number of fused-ring (bicyclic) bond motifs is 2. The van der Waals surface area contributed by atoms with Crippen molar-refractivity contribution in [3.63, 3.8) is 0 Å². The fourth-order valence-corrected chi connectivity index (χ4v) is 3.20. The van der Waals surface area contributed by atoms with Crippen molar-refractivity contribution in [3.8, 4) is 5.75 Å². The molecule has 2 aliphatic heterocycles. The largest absolute Gasteiger partial charge is 0.463 e. The summed E-state index contributed by atoms with van der Waals surface area (Å²) in [6, 6.07) is 1.55. The van der Waals surface area contributed by atoms with Gasteiger partial charge in [0.15, 0.2) is 24.4 Å². The van der Waals surface area contributed by atoms with Crippen molar-refractivity contribution in [1.82, 2.24) is 9.58 Å². The topological polar surface area (TPSA) is 113 Å². The highest BCUT2D eigenvalue weighted by atomic mass is 16.7. The number of pyridine rings is 1. The Morgan fingerprint density at radius 3 is 2.68 bits per heavy atom. The maximum absolute atomic E-state index is 13.4. The van der Waals surface area contributed by atoms with E-state index in [4.69, 9.17) is 28.5 Å². The van der Waals surface area contributed by atoms with Crippen LogP contribution in [-0.4, -0.2) is 80.9 Å². The highest BCUT2D eigenvalue weighted by Gasteiger charge is 2.45. The fourth-order valence-electron chi connectivity index (χ4n) is 3.20. The first-order chi connectivity index (χ1) is 14.8. The summed E-state index contributed by atoms with van der Waals surface area (Å²) in [5, 5.41) is 5.55. The molecular formula is C19H28N4O8. The molecule has 172 valence electrons. The van der Waals surface area contributed by atoms with Gasteiger partial charge in [0, 0.05) is 27.0 Å². The Balaban J connectivity index is 2.16. The van der Waals surface area contributed by atoms with Gasteiger partial charge >= 0.3 is 6.09 Å². The number of hydrogen-bond acceptors (Lipinski definition) is 9. The predicted octanol–water partition coefficient (Wildman–Crippen LogP) is 0.592. The van der Waals surface area contributed by atoms with E-state index in [2.05, 4.69) is 5.16 Å². The molecule has 12 heteroatoms. The summed E-state index contributed by atoms with van der Waals surface area (Å²) in [7, 11) is 2.91. The van der Waals surface area contributed by atoms with E-state index >= 15 is 0 Å². The summed E-state index contributed by atoms with van der Waals surface area (Å²) in [5.74, 6) is -0.244. The van der Waals surface area contributed by atoms with Gasteiger partial charge in [-0.25, -0.2) is 9.47 Å². The van der Waals surface area contributed by atoms with Crippen LogP contribution in [0.1, 0.15) is 31.3 Å². The van der Waals surface area contributed by atoms with Crippen LogP contribution in [0.25, 0.3) is 0 Å². The van der Waals surface area contributed by atoms with E-state index in [1.54, 1.807) is 31.7 Å². The standard InChI is InChI=1S/C19H28N4O8/c1-19(2,3)31-18(25)23-14-10-28-9-8-21(14)17(24)15-16(29-11-26-4)13(6-7-22(15)23)20-30-12-27-5/h6-7,14H,8-12H2,1-5H3/b20-13+. The highest BCUT2D eigenvalue weighted by molar-refractivity contribution is 5.98. The van der Waals surface area contributed by atoms with Gasteiger partial charge in [-0.2, -0.15) is 5.01 Å². The zero-order valence-electron chi connectivity index (χ0n) is 18.3. The van der Waals surface area contributed by atoms with Gasteiger partial charge in [0.25, 0.3) is 5.91 Å². The predicted molar refractivity (Wildman–Crippen MR) is 106 cm³/mol. The van der Waals surface area contributed by atoms with Crippen LogP contribution in [0.15, 0.2) is 17.4 Å². The van der Waals surface area contributed by atoms with Crippen LogP contribution in [-0.2, 0) is 23.8 Å². The van der Waals surface area contributed by atoms with Gasteiger partial charge < -0.3 is 33.4 Å². The van der Waals surface area contributed by atoms with E-state index in [1.165, 1.54) is 30.1 Å². The number of nitrogens with zero attached hydrogens (tertiary/aromatic N) is 4. The average molecular weight is 440 g/mol. The fraction of sp³-hybridized carbons (Fsp3) is 0.632. The number of morpholine rings is 1. The third-order valence-corrected chi connectivity index (χ3v) is 4.37. The lowest BCUT2D eigenvalue weighted by atomic mass is 10.2. The maximum atomic E-state index is 13.4. The van der Waals surface area contributed by atoms with E-state index in [0.29, 0.717) is 13.2 Å². The molecule has 0 N–H and O–H groups in total. The Morgan fingerprint density at radius 1 is 1.26 bits per heavy atom. The molecule has 1 unspecified atom stereocenters. The summed E-state index contributed by atoms with van der Waals surface area (Å²) in [6.07, 6.45) is 0.221. The Morgan fingerprint density at radius 2 is 2.00 bits per heavy atom. The molecule has 0 aromatic carbocycles. The van der Waals surface area contributed by atoms with E-state index in [9.17, 15) is 9.59 Å². The molecule has 0 spiro atoms. The molecule has 0 bridgehead atoms. The van der Waals surface area contributed by atoms with Gasteiger partial charge in [0.2, 0.25) is 6.79 Å². The minimum atomic E-state index is -0.738. The molecule has 2 amide bonds. The van der Waals surface area contributed by atoms with Crippen LogP contribution in [0, 0.1) is 0 Å². The smallest absolute Gasteiger partial charge is 0.431 e. The number of aromatic nitrogens is 1. The van der Waals surface area contributed by atoms with Crippen molar-refractivity contribution in [2.24, 2.45) is 5.16 Å². The van der Waals surface area contributed by atoms with Gasteiger partial charge in [-0.1, -0.05) is 5.16 Å². The molecule has 1 aromatic heterocycles. The van der Waals surface area contributed by atoms with E-state index in [1.807, 2.05) is 0 Å². The van der Waals surface area contributed by atoms with Crippen LogP contribution >= 0.6 is 0 Å². The molecular weight excluding hydrogens is 412 g/mol. The van der Waals surface area contributed by atoms with Crippen LogP contribution in [0.5, 0.6) is 5.75 Å². The van der Waals surface area contributed by atoms with Gasteiger partial charge in [-0.3, -0.25) is 4.79 Å². The summed E-state index contributed by atoms with van der Waals surface area (Å²) < 4.78 is 28.1.